The van der Waals surface area contributed by atoms with Gasteiger partial charge in [0.2, 0.25) is 0 Å². The molecule has 0 aliphatic rings. The van der Waals surface area contributed by atoms with Gasteiger partial charge in [-0.3, -0.25) is 9.89 Å². The van der Waals surface area contributed by atoms with Gasteiger partial charge in [0.1, 0.15) is 17.3 Å². The van der Waals surface area contributed by atoms with E-state index in [0.29, 0.717) is 22.4 Å². The number of phenolic OH excluding ortho intramolecular Hbond substituents is 1. The van der Waals surface area contributed by atoms with E-state index < -0.39 is 11.7 Å². The monoisotopic (exact) mass is 297 g/mol. The van der Waals surface area contributed by atoms with E-state index in [1.807, 2.05) is 0 Å². The van der Waals surface area contributed by atoms with E-state index in [1.165, 1.54) is 24.3 Å². The number of rotatable bonds is 3. The second-order valence-electron chi connectivity index (χ2n) is 4.77. The van der Waals surface area contributed by atoms with Gasteiger partial charge in [-0.25, -0.2) is 4.39 Å². The highest BCUT2D eigenvalue weighted by Gasteiger charge is 2.10. The van der Waals surface area contributed by atoms with Gasteiger partial charge < -0.3 is 10.8 Å². The van der Waals surface area contributed by atoms with Gasteiger partial charge in [-0.1, -0.05) is 18.2 Å². The first-order valence-electron chi connectivity index (χ1n) is 6.49. The molecule has 5 nitrogen and oxygen atoms in total. The zero-order chi connectivity index (χ0) is 15.7. The summed E-state index contributed by atoms with van der Waals surface area (Å²) >= 11 is 0. The van der Waals surface area contributed by atoms with Crippen molar-refractivity contribution in [2.24, 2.45) is 5.73 Å². The molecule has 0 atom stereocenters. The molecule has 110 valence electrons. The van der Waals surface area contributed by atoms with E-state index in [2.05, 4.69) is 10.2 Å². The van der Waals surface area contributed by atoms with Crippen LogP contribution in [-0.2, 0) is 0 Å². The number of phenols is 1. The molecule has 2 aromatic carbocycles. The first-order chi connectivity index (χ1) is 10.5. The van der Waals surface area contributed by atoms with Crippen LogP contribution < -0.4 is 5.73 Å². The molecule has 0 fully saturated rings. The number of H-pyrrole nitrogens is 1. The van der Waals surface area contributed by atoms with Gasteiger partial charge in [0.25, 0.3) is 5.91 Å². The van der Waals surface area contributed by atoms with E-state index >= 15 is 0 Å². The number of aromatic amines is 1. The quantitative estimate of drug-likeness (QED) is 0.694. The molecule has 1 amide bonds. The van der Waals surface area contributed by atoms with Crippen molar-refractivity contribution in [1.82, 2.24) is 10.2 Å². The Bertz CT molecular complexity index is 858. The summed E-state index contributed by atoms with van der Waals surface area (Å²) in [7, 11) is 0. The van der Waals surface area contributed by atoms with Crippen molar-refractivity contribution < 1.29 is 14.3 Å². The summed E-state index contributed by atoms with van der Waals surface area (Å²) in [5.41, 5.74) is 7.65. The number of aromatic nitrogens is 2. The van der Waals surface area contributed by atoms with Crippen molar-refractivity contribution in [3.8, 4) is 28.1 Å². The van der Waals surface area contributed by atoms with Crippen molar-refractivity contribution in [1.29, 1.82) is 0 Å². The molecule has 0 saturated heterocycles. The van der Waals surface area contributed by atoms with Gasteiger partial charge in [-0.15, -0.1) is 0 Å². The third-order valence-electron chi connectivity index (χ3n) is 3.27. The molecule has 0 unspecified atom stereocenters. The van der Waals surface area contributed by atoms with Crippen LogP contribution in [0.4, 0.5) is 4.39 Å². The van der Waals surface area contributed by atoms with Crippen molar-refractivity contribution in [2.75, 3.05) is 0 Å². The Hall–Kier alpha value is -3.15. The predicted molar refractivity (Wildman–Crippen MR) is 79.6 cm³/mol. The average molecular weight is 297 g/mol. The first kappa shape index (κ1) is 13.8. The van der Waals surface area contributed by atoms with Gasteiger partial charge >= 0.3 is 0 Å². The number of halogens is 1. The van der Waals surface area contributed by atoms with Crippen LogP contribution in [0, 0.1) is 5.82 Å². The van der Waals surface area contributed by atoms with Crippen LogP contribution in [0.25, 0.3) is 22.4 Å². The van der Waals surface area contributed by atoms with Crippen LogP contribution in [0.15, 0.2) is 48.5 Å². The maximum absolute atomic E-state index is 13.4. The number of carbonyl (C=O) groups is 1. The molecule has 3 rings (SSSR count). The lowest BCUT2D eigenvalue weighted by Crippen LogP contribution is -2.10. The largest absolute Gasteiger partial charge is 0.507 e. The fourth-order valence-electron chi connectivity index (χ4n) is 2.18. The standard InChI is InChI=1S/C16H12FN3O2/c17-11-4-5-15(21)12(7-11)9-2-1-3-10(6-9)13-8-14(16(18)22)20-19-13/h1-8,21H,(H2,18,22)(H,19,20). The van der Waals surface area contributed by atoms with Crippen LogP contribution in [0.1, 0.15) is 10.5 Å². The maximum atomic E-state index is 13.4. The maximum Gasteiger partial charge on any atom is 0.266 e. The highest BCUT2D eigenvalue weighted by atomic mass is 19.1. The molecule has 22 heavy (non-hydrogen) atoms. The fourth-order valence-corrected chi connectivity index (χ4v) is 2.18. The minimum atomic E-state index is -0.599. The highest BCUT2D eigenvalue weighted by molar-refractivity contribution is 5.92. The normalized spacial score (nSPS) is 10.6. The Balaban J connectivity index is 2.05. The Morgan fingerprint density at radius 1 is 1.14 bits per heavy atom. The van der Waals surface area contributed by atoms with E-state index in [-0.39, 0.29) is 11.4 Å². The number of nitrogens with zero attached hydrogens (tertiary/aromatic N) is 1. The molecular formula is C16H12FN3O2. The molecule has 0 saturated carbocycles. The van der Waals surface area contributed by atoms with Gasteiger partial charge in [-0.2, -0.15) is 5.10 Å². The first-order valence-corrected chi connectivity index (χ1v) is 6.49. The van der Waals surface area contributed by atoms with E-state index in [0.717, 1.165) is 0 Å². The number of nitrogens with two attached hydrogens (primary N) is 1. The zero-order valence-electron chi connectivity index (χ0n) is 11.4. The summed E-state index contributed by atoms with van der Waals surface area (Å²) in [4.78, 5) is 11.1. The van der Waals surface area contributed by atoms with Crippen molar-refractivity contribution in [3.63, 3.8) is 0 Å². The molecule has 0 aliphatic carbocycles. The number of carbonyl (C=O) groups excluding carboxylic acids is 1. The molecule has 0 bridgehead atoms. The molecular weight excluding hydrogens is 285 g/mol. The van der Waals surface area contributed by atoms with Gasteiger partial charge in [0.05, 0.1) is 5.69 Å². The summed E-state index contributed by atoms with van der Waals surface area (Å²) in [6, 6.07) is 12.3. The minimum Gasteiger partial charge on any atom is -0.507 e. The Labute approximate surface area is 125 Å². The third-order valence-corrected chi connectivity index (χ3v) is 3.27. The third kappa shape index (κ3) is 2.54. The Morgan fingerprint density at radius 2 is 1.91 bits per heavy atom. The number of amides is 1. The molecule has 1 heterocycles. The minimum absolute atomic E-state index is 0.0154. The fraction of sp³-hybridized carbons (Fsp3) is 0. The average Bonchev–Trinajstić information content (AvgIpc) is 3.00. The molecule has 0 aliphatic heterocycles. The lowest BCUT2D eigenvalue weighted by Gasteiger charge is -2.06. The molecule has 3 aromatic rings. The second kappa shape index (κ2) is 5.33. The summed E-state index contributed by atoms with van der Waals surface area (Å²) < 4.78 is 13.4. The van der Waals surface area contributed by atoms with Crippen LogP contribution in [0.5, 0.6) is 5.75 Å². The molecule has 0 spiro atoms. The lowest BCUT2D eigenvalue weighted by atomic mass is 10.0. The highest BCUT2D eigenvalue weighted by Crippen LogP contribution is 2.32. The zero-order valence-corrected chi connectivity index (χ0v) is 11.4. The van der Waals surface area contributed by atoms with Gasteiger partial charge in [0.15, 0.2) is 0 Å². The summed E-state index contributed by atoms with van der Waals surface area (Å²) in [6.45, 7) is 0. The smallest absolute Gasteiger partial charge is 0.266 e. The molecule has 4 N–H and O–H groups in total. The van der Waals surface area contributed by atoms with E-state index in [9.17, 15) is 14.3 Å². The SMILES string of the molecule is NC(=O)c1cc(-c2cccc(-c3cc(F)ccc3O)c2)n[nH]1. The van der Waals surface area contributed by atoms with Crippen LogP contribution in [-0.4, -0.2) is 21.2 Å². The van der Waals surface area contributed by atoms with Crippen LogP contribution in [0.2, 0.25) is 0 Å². The molecule has 6 heteroatoms. The summed E-state index contributed by atoms with van der Waals surface area (Å²) in [5, 5.41) is 16.4. The van der Waals surface area contributed by atoms with E-state index in [4.69, 9.17) is 5.73 Å². The number of hydrogen-bond acceptors (Lipinski definition) is 3. The van der Waals surface area contributed by atoms with Gasteiger partial charge in [0, 0.05) is 11.1 Å². The molecule has 0 radical (unpaired) electrons. The summed E-state index contributed by atoms with van der Waals surface area (Å²) in [6.07, 6.45) is 0. The Kier molecular flexibility index (Phi) is 3.34. The second-order valence-corrected chi connectivity index (χ2v) is 4.77. The van der Waals surface area contributed by atoms with Crippen molar-refractivity contribution in [3.05, 3.63) is 60.0 Å². The lowest BCUT2D eigenvalue weighted by molar-refractivity contribution is 0.0995. The number of aromatic hydroxyl groups is 1. The van der Waals surface area contributed by atoms with Crippen LogP contribution in [0.3, 0.4) is 0 Å². The van der Waals surface area contributed by atoms with Crippen molar-refractivity contribution >= 4 is 5.91 Å². The van der Waals surface area contributed by atoms with Crippen LogP contribution >= 0.6 is 0 Å². The topological polar surface area (TPSA) is 92.0 Å². The number of nitrogens with one attached hydrogen (secondary N) is 1. The van der Waals surface area contributed by atoms with Crippen molar-refractivity contribution in [2.45, 2.75) is 0 Å². The number of primary amides is 1. The van der Waals surface area contributed by atoms with Gasteiger partial charge in [-0.05, 0) is 35.9 Å². The van der Waals surface area contributed by atoms with E-state index in [1.54, 1.807) is 24.3 Å². The molecule has 1 aromatic heterocycles. The summed E-state index contributed by atoms with van der Waals surface area (Å²) in [5.74, 6) is -1.05. The predicted octanol–water partition coefficient (Wildman–Crippen LogP) is 2.69. The number of hydrogen-bond donors (Lipinski definition) is 3. The Morgan fingerprint density at radius 3 is 2.64 bits per heavy atom. The number of benzene rings is 2.